The molecule has 0 heterocycles. The first-order valence-corrected chi connectivity index (χ1v) is 5.64. The zero-order chi connectivity index (χ0) is 11.4. The smallest absolute Gasteiger partial charge is 0.130 e. The van der Waals surface area contributed by atoms with Gasteiger partial charge in [0.15, 0.2) is 0 Å². The quantitative estimate of drug-likeness (QED) is 0.888. The first-order chi connectivity index (χ1) is 7.10. The van der Waals surface area contributed by atoms with E-state index in [4.69, 9.17) is 5.11 Å². The molecule has 0 saturated heterocycles. The minimum absolute atomic E-state index is 0.0326. The van der Waals surface area contributed by atoms with Gasteiger partial charge in [-0.1, -0.05) is 22.9 Å². The maximum atomic E-state index is 13.6. The van der Waals surface area contributed by atoms with E-state index in [-0.39, 0.29) is 12.4 Å². The maximum Gasteiger partial charge on any atom is 0.130 e. The molecule has 0 saturated carbocycles. The molecular weight excluding hydrogens is 259 g/mol. The van der Waals surface area contributed by atoms with Gasteiger partial charge in [-0.15, -0.1) is 0 Å². The second kappa shape index (κ2) is 5.42. The van der Waals surface area contributed by atoms with Crippen molar-refractivity contribution >= 4 is 21.5 Å². The SMILES string of the molecule is CC/C(=C(\C)CO)c1cc(Br)ccc1F. The summed E-state index contributed by atoms with van der Waals surface area (Å²) in [5, 5.41) is 9.07. The summed E-state index contributed by atoms with van der Waals surface area (Å²) in [7, 11) is 0. The van der Waals surface area contributed by atoms with Crippen molar-refractivity contribution in [2.75, 3.05) is 6.61 Å². The van der Waals surface area contributed by atoms with Gasteiger partial charge in [0, 0.05) is 10.0 Å². The van der Waals surface area contributed by atoms with E-state index >= 15 is 0 Å². The molecule has 0 radical (unpaired) electrons. The molecule has 15 heavy (non-hydrogen) atoms. The van der Waals surface area contributed by atoms with E-state index in [0.29, 0.717) is 12.0 Å². The molecule has 0 bridgehead atoms. The number of hydrogen-bond donors (Lipinski definition) is 1. The average Bonchev–Trinajstić information content (AvgIpc) is 2.23. The molecule has 1 aromatic rings. The van der Waals surface area contributed by atoms with Gasteiger partial charge in [0.2, 0.25) is 0 Å². The number of aliphatic hydroxyl groups excluding tert-OH is 1. The number of halogens is 2. The molecule has 1 N–H and O–H groups in total. The second-order valence-electron chi connectivity index (χ2n) is 3.39. The lowest BCUT2D eigenvalue weighted by atomic mass is 9.98. The highest BCUT2D eigenvalue weighted by atomic mass is 79.9. The largest absolute Gasteiger partial charge is 0.392 e. The van der Waals surface area contributed by atoms with Crippen LogP contribution in [0, 0.1) is 5.82 Å². The summed E-state index contributed by atoms with van der Waals surface area (Å²) < 4.78 is 14.4. The van der Waals surface area contributed by atoms with Gasteiger partial charge in [-0.25, -0.2) is 4.39 Å². The van der Waals surface area contributed by atoms with E-state index in [9.17, 15) is 4.39 Å². The molecule has 0 aromatic heterocycles. The molecule has 3 heteroatoms. The molecule has 0 aliphatic heterocycles. The van der Waals surface area contributed by atoms with E-state index in [0.717, 1.165) is 15.6 Å². The van der Waals surface area contributed by atoms with Crippen LogP contribution < -0.4 is 0 Å². The minimum atomic E-state index is -0.247. The van der Waals surface area contributed by atoms with Crippen LogP contribution in [0.3, 0.4) is 0 Å². The zero-order valence-electron chi connectivity index (χ0n) is 8.85. The number of aliphatic hydroxyl groups is 1. The summed E-state index contributed by atoms with van der Waals surface area (Å²) in [4.78, 5) is 0. The first kappa shape index (κ1) is 12.4. The number of hydrogen-bond acceptors (Lipinski definition) is 1. The first-order valence-electron chi connectivity index (χ1n) is 4.85. The fourth-order valence-corrected chi connectivity index (χ4v) is 1.91. The van der Waals surface area contributed by atoms with Crippen LogP contribution in [0.5, 0.6) is 0 Å². The summed E-state index contributed by atoms with van der Waals surface area (Å²) in [6.45, 7) is 3.74. The highest BCUT2D eigenvalue weighted by Gasteiger charge is 2.09. The summed E-state index contributed by atoms with van der Waals surface area (Å²) in [5.74, 6) is -0.247. The molecule has 82 valence electrons. The van der Waals surface area contributed by atoms with Crippen molar-refractivity contribution < 1.29 is 9.50 Å². The average molecular weight is 273 g/mol. The lowest BCUT2D eigenvalue weighted by molar-refractivity contribution is 0.331. The van der Waals surface area contributed by atoms with Crippen LogP contribution in [-0.2, 0) is 0 Å². The van der Waals surface area contributed by atoms with Crippen molar-refractivity contribution in [3.63, 3.8) is 0 Å². The number of benzene rings is 1. The Bertz CT molecular complexity index is 385. The Morgan fingerprint density at radius 2 is 2.13 bits per heavy atom. The third-order valence-corrected chi connectivity index (χ3v) is 2.85. The molecule has 0 spiro atoms. The predicted molar refractivity (Wildman–Crippen MR) is 64.1 cm³/mol. The van der Waals surface area contributed by atoms with Crippen LogP contribution in [-0.4, -0.2) is 11.7 Å². The maximum absolute atomic E-state index is 13.6. The van der Waals surface area contributed by atoms with E-state index in [2.05, 4.69) is 15.9 Å². The molecular formula is C12H14BrFO. The van der Waals surface area contributed by atoms with E-state index in [1.807, 2.05) is 13.8 Å². The second-order valence-corrected chi connectivity index (χ2v) is 4.31. The Balaban J connectivity index is 3.30. The van der Waals surface area contributed by atoms with Crippen LogP contribution in [0.1, 0.15) is 25.8 Å². The molecule has 1 rings (SSSR count). The molecule has 0 atom stereocenters. The molecule has 0 unspecified atom stereocenters. The van der Waals surface area contributed by atoms with Crippen molar-refractivity contribution in [1.82, 2.24) is 0 Å². The van der Waals surface area contributed by atoms with E-state index in [1.165, 1.54) is 6.07 Å². The van der Waals surface area contributed by atoms with Gasteiger partial charge in [0.05, 0.1) is 6.61 Å². The van der Waals surface area contributed by atoms with Crippen molar-refractivity contribution in [1.29, 1.82) is 0 Å². The molecule has 0 fully saturated rings. The van der Waals surface area contributed by atoms with Gasteiger partial charge >= 0.3 is 0 Å². The molecule has 0 amide bonds. The summed E-state index contributed by atoms with van der Waals surface area (Å²) in [6, 6.07) is 4.84. The lowest BCUT2D eigenvalue weighted by Crippen LogP contribution is -1.96. The van der Waals surface area contributed by atoms with Crippen LogP contribution in [0.4, 0.5) is 4.39 Å². The lowest BCUT2D eigenvalue weighted by Gasteiger charge is -2.10. The summed E-state index contributed by atoms with van der Waals surface area (Å²) in [6.07, 6.45) is 0.708. The van der Waals surface area contributed by atoms with Crippen molar-refractivity contribution in [2.24, 2.45) is 0 Å². The minimum Gasteiger partial charge on any atom is -0.392 e. The Labute approximate surface area is 97.8 Å². The van der Waals surface area contributed by atoms with Crippen LogP contribution >= 0.6 is 15.9 Å². The summed E-state index contributed by atoms with van der Waals surface area (Å²) >= 11 is 3.31. The fraction of sp³-hybridized carbons (Fsp3) is 0.333. The number of allylic oxidation sites excluding steroid dienone is 1. The molecule has 1 aromatic carbocycles. The van der Waals surface area contributed by atoms with E-state index < -0.39 is 0 Å². The van der Waals surface area contributed by atoms with Gasteiger partial charge in [-0.2, -0.15) is 0 Å². The van der Waals surface area contributed by atoms with Gasteiger partial charge in [-0.05, 0) is 42.7 Å². The molecule has 0 aliphatic carbocycles. The standard InChI is InChI=1S/C12H14BrFO/c1-3-10(8(2)7-15)11-6-9(13)4-5-12(11)14/h4-6,15H,3,7H2,1-2H3/b10-8-. The Kier molecular flexibility index (Phi) is 4.48. The van der Waals surface area contributed by atoms with Gasteiger partial charge in [0.1, 0.15) is 5.82 Å². The predicted octanol–water partition coefficient (Wildman–Crippen LogP) is 3.76. The fourth-order valence-electron chi connectivity index (χ4n) is 1.55. The zero-order valence-corrected chi connectivity index (χ0v) is 10.4. The Morgan fingerprint density at radius 1 is 1.47 bits per heavy atom. The Morgan fingerprint density at radius 3 is 2.67 bits per heavy atom. The van der Waals surface area contributed by atoms with Crippen LogP contribution in [0.15, 0.2) is 28.2 Å². The van der Waals surface area contributed by atoms with E-state index in [1.54, 1.807) is 12.1 Å². The Hall–Kier alpha value is -0.670. The van der Waals surface area contributed by atoms with Crippen molar-refractivity contribution in [2.45, 2.75) is 20.3 Å². The summed E-state index contributed by atoms with van der Waals surface area (Å²) in [5.41, 5.74) is 2.25. The number of rotatable bonds is 3. The monoisotopic (exact) mass is 272 g/mol. The van der Waals surface area contributed by atoms with Crippen molar-refractivity contribution in [3.8, 4) is 0 Å². The van der Waals surface area contributed by atoms with Gasteiger partial charge in [0.25, 0.3) is 0 Å². The molecule has 1 nitrogen and oxygen atoms in total. The third kappa shape index (κ3) is 2.89. The molecule has 0 aliphatic rings. The highest BCUT2D eigenvalue weighted by Crippen LogP contribution is 2.27. The van der Waals surface area contributed by atoms with Crippen LogP contribution in [0.2, 0.25) is 0 Å². The topological polar surface area (TPSA) is 20.2 Å². The van der Waals surface area contributed by atoms with Crippen molar-refractivity contribution in [3.05, 3.63) is 39.6 Å². The van der Waals surface area contributed by atoms with Crippen LogP contribution in [0.25, 0.3) is 5.57 Å². The van der Waals surface area contributed by atoms with Gasteiger partial charge in [-0.3, -0.25) is 0 Å². The third-order valence-electron chi connectivity index (χ3n) is 2.36. The van der Waals surface area contributed by atoms with Gasteiger partial charge < -0.3 is 5.11 Å². The normalized spacial score (nSPS) is 12.6. The highest BCUT2D eigenvalue weighted by molar-refractivity contribution is 9.10.